The Morgan fingerprint density at radius 3 is 1.95 bits per heavy atom. The minimum absolute atomic E-state index is 0.268. The first-order valence-corrected chi connectivity index (χ1v) is 19.4. The number of pyridine rings is 2. The summed E-state index contributed by atoms with van der Waals surface area (Å²) in [6.45, 7) is 0.551. The van der Waals surface area contributed by atoms with Crippen LogP contribution in [0.1, 0.15) is 11.1 Å². The molecule has 0 bridgehead atoms. The van der Waals surface area contributed by atoms with Crippen molar-refractivity contribution in [3.63, 3.8) is 0 Å². The van der Waals surface area contributed by atoms with Crippen LogP contribution in [0.4, 0.5) is 0 Å². The number of nitriles is 2. The normalized spacial score (nSPS) is 11.2. The highest BCUT2D eigenvalue weighted by atomic mass is 16.5. The molecular formula is C51H34N6O3. The zero-order chi connectivity index (χ0) is 40.6. The van der Waals surface area contributed by atoms with Gasteiger partial charge in [-0.3, -0.25) is 9.97 Å². The molecule has 286 valence electrons. The van der Waals surface area contributed by atoms with Gasteiger partial charge in [0.15, 0.2) is 0 Å². The maximum absolute atomic E-state index is 10.1. The molecule has 0 amide bonds. The zero-order valence-corrected chi connectivity index (χ0v) is 32.4. The van der Waals surface area contributed by atoms with Crippen molar-refractivity contribution >= 4 is 43.6 Å². The number of aromatic nitrogens is 4. The molecule has 6 aromatic carbocycles. The van der Waals surface area contributed by atoms with Gasteiger partial charge in [-0.2, -0.15) is 10.5 Å². The lowest BCUT2D eigenvalue weighted by atomic mass is 10.0. The molecule has 10 rings (SSSR count). The van der Waals surface area contributed by atoms with E-state index in [-0.39, 0.29) is 13.2 Å². The van der Waals surface area contributed by atoms with Crippen molar-refractivity contribution in [1.82, 2.24) is 19.1 Å². The first-order chi connectivity index (χ1) is 29.6. The van der Waals surface area contributed by atoms with Gasteiger partial charge in [-0.1, -0.05) is 42.5 Å². The van der Waals surface area contributed by atoms with Crippen molar-refractivity contribution < 1.29 is 14.2 Å². The topological polar surface area (TPSA) is 111 Å². The number of hydrogen-bond acceptors (Lipinski definition) is 7. The Morgan fingerprint density at radius 1 is 0.517 bits per heavy atom. The number of nitrogens with zero attached hydrogens (tertiary/aromatic N) is 6. The predicted molar refractivity (Wildman–Crippen MR) is 235 cm³/mol. The lowest BCUT2D eigenvalue weighted by molar-refractivity contribution is 0.218. The molecule has 0 aliphatic carbocycles. The maximum Gasteiger partial charge on any atom is 0.144 e. The summed E-state index contributed by atoms with van der Waals surface area (Å²) < 4.78 is 23.3. The number of rotatable bonds is 10. The molecule has 0 spiro atoms. The van der Waals surface area contributed by atoms with E-state index in [0.717, 1.165) is 77.2 Å². The minimum atomic E-state index is 0.268. The molecule has 0 N–H and O–H groups in total. The van der Waals surface area contributed by atoms with Gasteiger partial charge in [0.1, 0.15) is 30.5 Å². The summed E-state index contributed by atoms with van der Waals surface area (Å²) in [7, 11) is 1.67. The van der Waals surface area contributed by atoms with Crippen LogP contribution in [0.25, 0.3) is 77.2 Å². The van der Waals surface area contributed by atoms with Crippen molar-refractivity contribution in [3.05, 3.63) is 175 Å². The Labute approximate surface area is 345 Å². The fraction of sp³-hybridized carbons (Fsp3) is 0.0588. The Morgan fingerprint density at radius 2 is 1.20 bits per heavy atom. The molecule has 0 saturated carbocycles. The lowest BCUT2D eigenvalue weighted by Crippen LogP contribution is -2.10. The number of ether oxygens (including phenoxy) is 3. The van der Waals surface area contributed by atoms with Gasteiger partial charge in [0, 0.05) is 69.3 Å². The predicted octanol–water partition coefficient (Wildman–Crippen LogP) is 11.2. The molecule has 4 aromatic heterocycles. The molecule has 0 radical (unpaired) electrons. The van der Waals surface area contributed by atoms with Gasteiger partial charge in [0.2, 0.25) is 0 Å². The number of fused-ring (bicyclic) bond motifs is 6. The SMILES string of the molecule is COc1cccc2c3cccc(OCCOc4ccc5c6ccccc6n(-c6ccc(C#N)c(-c7ccncc7)c6)c5c4)c3n(-c3cc(C#N)cc(-c4ccncc4)c3)c12. The van der Waals surface area contributed by atoms with E-state index in [1.165, 1.54) is 0 Å². The molecule has 60 heavy (non-hydrogen) atoms. The molecule has 0 unspecified atom stereocenters. The third-order valence-electron chi connectivity index (χ3n) is 10.9. The fourth-order valence-corrected chi connectivity index (χ4v) is 8.28. The molecular weight excluding hydrogens is 745 g/mol. The molecule has 0 saturated heterocycles. The number of benzene rings is 6. The smallest absolute Gasteiger partial charge is 0.144 e. The highest BCUT2D eigenvalue weighted by molar-refractivity contribution is 6.13. The van der Waals surface area contributed by atoms with Crippen LogP contribution < -0.4 is 14.2 Å². The van der Waals surface area contributed by atoms with Crippen LogP contribution in [0, 0.1) is 22.7 Å². The van der Waals surface area contributed by atoms with Gasteiger partial charge in [-0.15, -0.1) is 0 Å². The Balaban J connectivity index is 1.00. The van der Waals surface area contributed by atoms with E-state index >= 15 is 0 Å². The maximum atomic E-state index is 10.1. The molecule has 9 nitrogen and oxygen atoms in total. The Kier molecular flexibility index (Phi) is 9.09. The average molecular weight is 779 g/mol. The largest absolute Gasteiger partial charge is 0.495 e. The van der Waals surface area contributed by atoms with Gasteiger partial charge in [-0.25, -0.2) is 0 Å². The first-order valence-electron chi connectivity index (χ1n) is 19.4. The van der Waals surface area contributed by atoms with Crippen LogP contribution in [-0.2, 0) is 0 Å². The molecule has 4 heterocycles. The Bertz CT molecular complexity index is 3340. The molecule has 9 heteroatoms. The quantitative estimate of drug-likeness (QED) is 0.127. The molecule has 0 aliphatic heterocycles. The van der Waals surface area contributed by atoms with Crippen molar-refractivity contribution in [1.29, 1.82) is 10.5 Å². The van der Waals surface area contributed by atoms with Gasteiger partial charge >= 0.3 is 0 Å². The standard InChI is InChI=1S/C51H34N6O3/c1-58-48-10-4-7-43-44-8-5-11-49(51(44)57(50(43)48)39-27-33(31-52)26-37(28-39)34-16-20-54-21-17-34)60-25-24-59-40-14-15-42-41-6-2-3-9-46(41)56(47(42)30-40)38-13-12-36(32-53)45(29-38)35-18-22-55-23-19-35/h2-23,26-30H,24-25H2,1H3. The van der Waals surface area contributed by atoms with Crippen molar-refractivity contribution in [2.75, 3.05) is 20.3 Å². The van der Waals surface area contributed by atoms with Crippen LogP contribution in [0.3, 0.4) is 0 Å². The van der Waals surface area contributed by atoms with Gasteiger partial charge in [0.05, 0.1) is 52.4 Å². The van der Waals surface area contributed by atoms with Gasteiger partial charge in [0.25, 0.3) is 0 Å². The first kappa shape index (κ1) is 36.0. The highest BCUT2D eigenvalue weighted by Crippen LogP contribution is 2.42. The van der Waals surface area contributed by atoms with E-state index in [9.17, 15) is 10.5 Å². The third-order valence-corrected chi connectivity index (χ3v) is 10.9. The molecule has 0 aliphatic rings. The summed E-state index contributed by atoms with van der Waals surface area (Å²) in [5, 5.41) is 24.3. The van der Waals surface area contributed by atoms with Crippen molar-refractivity contribution in [2.45, 2.75) is 0 Å². The summed E-state index contributed by atoms with van der Waals surface area (Å²) in [4.78, 5) is 8.36. The van der Waals surface area contributed by atoms with E-state index in [1.54, 1.807) is 31.9 Å². The van der Waals surface area contributed by atoms with Gasteiger partial charge in [-0.05, 0) is 108 Å². The van der Waals surface area contributed by atoms with Gasteiger partial charge < -0.3 is 23.3 Å². The zero-order valence-electron chi connectivity index (χ0n) is 32.4. The highest BCUT2D eigenvalue weighted by Gasteiger charge is 2.21. The van der Waals surface area contributed by atoms with E-state index in [4.69, 9.17) is 14.2 Å². The van der Waals surface area contributed by atoms with Crippen LogP contribution in [0.5, 0.6) is 17.2 Å². The Hall–Kier alpha value is -8.40. The van der Waals surface area contributed by atoms with Crippen molar-refractivity contribution in [3.8, 4) is 63.0 Å². The monoisotopic (exact) mass is 778 g/mol. The van der Waals surface area contributed by atoms with Crippen LogP contribution in [0.15, 0.2) is 164 Å². The van der Waals surface area contributed by atoms with Crippen LogP contribution in [-0.4, -0.2) is 39.4 Å². The van der Waals surface area contributed by atoms with E-state index < -0.39 is 0 Å². The summed E-state index contributed by atoms with van der Waals surface area (Å²) in [6.07, 6.45) is 6.97. The summed E-state index contributed by atoms with van der Waals surface area (Å²) in [5.74, 6) is 2.07. The lowest BCUT2D eigenvalue weighted by Gasteiger charge is -2.15. The number of para-hydroxylation sites is 3. The van der Waals surface area contributed by atoms with E-state index in [1.807, 2.05) is 91.0 Å². The summed E-state index contributed by atoms with van der Waals surface area (Å²) >= 11 is 0. The number of methoxy groups -OCH3 is 1. The second-order valence-corrected chi connectivity index (χ2v) is 14.3. The number of hydrogen-bond donors (Lipinski definition) is 0. The second-order valence-electron chi connectivity index (χ2n) is 14.3. The molecule has 0 fully saturated rings. The third kappa shape index (κ3) is 6.19. The van der Waals surface area contributed by atoms with Crippen molar-refractivity contribution in [2.24, 2.45) is 0 Å². The average Bonchev–Trinajstić information content (AvgIpc) is 3.84. The van der Waals surface area contributed by atoms with E-state index in [2.05, 4.69) is 79.8 Å². The minimum Gasteiger partial charge on any atom is -0.495 e. The van der Waals surface area contributed by atoms with Crippen LogP contribution >= 0.6 is 0 Å². The van der Waals surface area contributed by atoms with E-state index in [0.29, 0.717) is 28.4 Å². The summed E-state index contributed by atoms with van der Waals surface area (Å²) in [5.41, 5.74) is 10.2. The fourth-order valence-electron chi connectivity index (χ4n) is 8.28. The molecule has 10 aromatic rings. The second kappa shape index (κ2) is 15.2. The molecule has 0 atom stereocenters. The van der Waals surface area contributed by atoms with Crippen LogP contribution in [0.2, 0.25) is 0 Å². The summed E-state index contributed by atoms with van der Waals surface area (Å²) in [6, 6.07) is 50.7.